The number of rotatable bonds is 2. The number of nitrogens with one attached hydrogen (secondary N) is 1. The molecule has 0 aromatic heterocycles. The zero-order chi connectivity index (χ0) is 10.1. The number of benzene rings is 1. The summed E-state index contributed by atoms with van der Waals surface area (Å²) in [6.45, 7) is 0. The molecule has 1 atom stereocenters. The van der Waals surface area contributed by atoms with Crippen LogP contribution in [-0.4, -0.2) is 4.21 Å². The van der Waals surface area contributed by atoms with E-state index in [0.29, 0.717) is 0 Å². The summed E-state index contributed by atoms with van der Waals surface area (Å²) in [7, 11) is -4.51. The minimum Gasteiger partial charge on any atom is -0.373 e. The number of hydrogen-bond acceptors (Lipinski definition) is 3. The van der Waals surface area contributed by atoms with Crippen LogP contribution in [-0.2, 0) is 10.4 Å². The fourth-order valence-corrected chi connectivity index (χ4v) is 1.29. The zero-order valence-corrected chi connectivity index (χ0v) is 8.42. The van der Waals surface area contributed by atoms with Gasteiger partial charge in [0.05, 0.1) is 10.0 Å². The van der Waals surface area contributed by atoms with Crippen LogP contribution in [0, 0.1) is 4.78 Å². The largest absolute Gasteiger partial charge is 0.374 e. The maximum Gasteiger partial charge on any atom is 0.374 e. The highest BCUT2D eigenvalue weighted by molar-refractivity contribution is 7.82. The van der Waals surface area contributed by atoms with Gasteiger partial charge < -0.3 is 4.18 Å². The van der Waals surface area contributed by atoms with Crippen molar-refractivity contribution >= 4 is 33.6 Å². The van der Waals surface area contributed by atoms with E-state index in [2.05, 4.69) is 4.18 Å². The second-order valence-electron chi connectivity index (χ2n) is 2.10. The predicted octanol–water partition coefficient (Wildman–Crippen LogP) is 3.22. The van der Waals surface area contributed by atoms with Crippen LogP contribution in [0.1, 0.15) is 0 Å². The van der Waals surface area contributed by atoms with Crippen molar-refractivity contribution in [1.29, 1.82) is 4.78 Å². The van der Waals surface area contributed by atoms with E-state index >= 15 is 0 Å². The maximum absolute atomic E-state index is 12.2. The summed E-state index contributed by atoms with van der Waals surface area (Å²) in [5, 5.41) is 0.409. The maximum atomic E-state index is 12.2. The molecular weight excluding hydrogens is 240 g/mol. The topological polar surface area (TPSA) is 50.2 Å². The molecule has 1 rings (SSSR count). The molecule has 1 aromatic carbocycles. The SMILES string of the molecule is N=S(=O)(F)Oc1ccc(Cl)c(Cl)c1. The van der Waals surface area contributed by atoms with Gasteiger partial charge in [0, 0.05) is 6.07 Å². The Morgan fingerprint density at radius 3 is 2.46 bits per heavy atom. The zero-order valence-electron chi connectivity index (χ0n) is 6.09. The van der Waals surface area contributed by atoms with Crippen LogP contribution in [0.3, 0.4) is 0 Å². The molecule has 0 fully saturated rings. The van der Waals surface area contributed by atoms with Gasteiger partial charge in [0.15, 0.2) is 0 Å². The van der Waals surface area contributed by atoms with E-state index in [1.807, 2.05) is 0 Å². The van der Waals surface area contributed by atoms with Crippen molar-refractivity contribution in [2.24, 2.45) is 0 Å². The van der Waals surface area contributed by atoms with E-state index in [1.165, 1.54) is 18.2 Å². The predicted molar refractivity (Wildman–Crippen MR) is 49.1 cm³/mol. The first kappa shape index (κ1) is 10.6. The van der Waals surface area contributed by atoms with Crippen molar-refractivity contribution in [2.45, 2.75) is 0 Å². The second kappa shape index (κ2) is 3.69. The van der Waals surface area contributed by atoms with Crippen LogP contribution in [0.4, 0.5) is 3.89 Å². The van der Waals surface area contributed by atoms with E-state index in [9.17, 15) is 8.09 Å². The minimum absolute atomic E-state index is 0.100. The van der Waals surface area contributed by atoms with Crippen LogP contribution in [0.15, 0.2) is 18.2 Å². The summed E-state index contributed by atoms with van der Waals surface area (Å²) >= 11 is 11.1. The Hall–Kier alpha value is -0.520. The monoisotopic (exact) mass is 243 g/mol. The molecular formula is C6H4Cl2FNO2S. The molecule has 7 heteroatoms. The van der Waals surface area contributed by atoms with Crippen molar-refractivity contribution in [3.05, 3.63) is 28.2 Å². The quantitative estimate of drug-likeness (QED) is 0.812. The van der Waals surface area contributed by atoms with Gasteiger partial charge in [-0.25, -0.2) is 0 Å². The summed E-state index contributed by atoms with van der Waals surface area (Å²) in [4.78, 5) is 0. The molecule has 72 valence electrons. The summed E-state index contributed by atoms with van der Waals surface area (Å²) < 4.78 is 32.9. The molecule has 3 nitrogen and oxygen atoms in total. The van der Waals surface area contributed by atoms with Crippen molar-refractivity contribution in [3.8, 4) is 5.75 Å². The fourth-order valence-electron chi connectivity index (χ4n) is 0.652. The molecule has 0 heterocycles. The van der Waals surface area contributed by atoms with E-state index in [0.717, 1.165) is 0 Å². The van der Waals surface area contributed by atoms with Crippen LogP contribution in [0.5, 0.6) is 5.75 Å². The van der Waals surface area contributed by atoms with Crippen molar-refractivity contribution in [3.63, 3.8) is 0 Å². The standard InChI is InChI=1S/C6H4Cl2FNO2S/c7-5-2-1-4(3-6(5)8)12-13(9,10)11/h1-3,10H. The highest BCUT2D eigenvalue weighted by Crippen LogP contribution is 2.27. The molecule has 1 unspecified atom stereocenters. The van der Waals surface area contributed by atoms with Crippen LogP contribution < -0.4 is 4.18 Å². The molecule has 0 saturated heterocycles. The lowest BCUT2D eigenvalue weighted by Gasteiger charge is -2.02. The summed E-state index contributed by atoms with van der Waals surface area (Å²) in [5.74, 6) is -0.100. The minimum atomic E-state index is -4.51. The molecule has 0 bridgehead atoms. The van der Waals surface area contributed by atoms with Gasteiger partial charge in [-0.3, -0.25) is 0 Å². The molecule has 1 N–H and O–H groups in total. The van der Waals surface area contributed by atoms with Gasteiger partial charge in [-0.15, -0.1) is 0 Å². The van der Waals surface area contributed by atoms with Gasteiger partial charge in [-0.2, -0.15) is 8.99 Å². The van der Waals surface area contributed by atoms with E-state index in [4.69, 9.17) is 28.0 Å². The Balaban J connectivity index is 2.99. The summed E-state index contributed by atoms with van der Waals surface area (Å²) in [5.41, 5.74) is 0. The average Bonchev–Trinajstić information content (AvgIpc) is 1.94. The van der Waals surface area contributed by atoms with E-state index in [1.54, 1.807) is 0 Å². The van der Waals surface area contributed by atoms with Gasteiger partial charge in [-0.1, -0.05) is 27.1 Å². The molecule has 0 aliphatic rings. The van der Waals surface area contributed by atoms with Crippen LogP contribution in [0.25, 0.3) is 0 Å². The smallest absolute Gasteiger partial charge is 0.373 e. The second-order valence-corrected chi connectivity index (χ2v) is 3.95. The molecule has 0 radical (unpaired) electrons. The Bertz CT molecular complexity index is 421. The van der Waals surface area contributed by atoms with Gasteiger partial charge in [0.25, 0.3) is 0 Å². The summed E-state index contributed by atoms with van der Waals surface area (Å²) in [6, 6.07) is 3.80. The van der Waals surface area contributed by atoms with Crippen molar-refractivity contribution in [2.75, 3.05) is 0 Å². The average molecular weight is 244 g/mol. The first-order chi connectivity index (χ1) is 5.88. The lowest BCUT2D eigenvalue weighted by atomic mass is 10.3. The highest BCUT2D eigenvalue weighted by Gasteiger charge is 2.06. The van der Waals surface area contributed by atoms with Gasteiger partial charge >= 0.3 is 10.4 Å². The lowest BCUT2D eigenvalue weighted by Crippen LogP contribution is -1.98. The molecule has 0 amide bonds. The molecule has 0 aliphatic heterocycles. The molecule has 13 heavy (non-hydrogen) atoms. The van der Waals surface area contributed by atoms with Crippen molar-refractivity contribution < 1.29 is 12.3 Å². The first-order valence-electron chi connectivity index (χ1n) is 3.01. The highest BCUT2D eigenvalue weighted by atomic mass is 35.5. The normalized spacial score (nSPS) is 15.0. The first-order valence-corrected chi connectivity index (χ1v) is 5.15. The Kier molecular flexibility index (Phi) is 3.00. The van der Waals surface area contributed by atoms with Gasteiger partial charge in [-0.05, 0) is 12.1 Å². The molecule has 1 aromatic rings. The van der Waals surface area contributed by atoms with Crippen molar-refractivity contribution in [1.82, 2.24) is 0 Å². The third-order valence-corrected chi connectivity index (χ3v) is 2.24. The lowest BCUT2D eigenvalue weighted by molar-refractivity contribution is 0.501. The number of halogens is 3. The molecule has 0 spiro atoms. The molecule has 0 aliphatic carbocycles. The van der Waals surface area contributed by atoms with Gasteiger partial charge in [0.2, 0.25) is 0 Å². The Morgan fingerprint density at radius 2 is 2.00 bits per heavy atom. The number of hydrogen-bond donors (Lipinski definition) is 1. The third-order valence-electron chi connectivity index (χ3n) is 1.09. The summed E-state index contributed by atoms with van der Waals surface area (Å²) in [6.07, 6.45) is 0. The van der Waals surface area contributed by atoms with Crippen LogP contribution >= 0.6 is 23.2 Å². The fraction of sp³-hybridized carbons (Fsp3) is 0. The Labute approximate surface area is 84.9 Å². The van der Waals surface area contributed by atoms with E-state index in [-0.39, 0.29) is 15.8 Å². The Morgan fingerprint density at radius 1 is 1.38 bits per heavy atom. The molecule has 0 saturated carbocycles. The van der Waals surface area contributed by atoms with Gasteiger partial charge in [0.1, 0.15) is 5.75 Å². The van der Waals surface area contributed by atoms with E-state index < -0.39 is 10.4 Å². The van der Waals surface area contributed by atoms with Crippen LogP contribution in [0.2, 0.25) is 10.0 Å². The third kappa shape index (κ3) is 3.38.